The van der Waals surface area contributed by atoms with Crippen LogP contribution >= 0.6 is 0 Å². The van der Waals surface area contributed by atoms with Gasteiger partial charge in [0.1, 0.15) is 5.82 Å². The van der Waals surface area contributed by atoms with Gasteiger partial charge in [-0.3, -0.25) is 9.78 Å². The standard InChI is InChI=1S/C18H23FN4O/c1-2-3-6-14-13-17(24)21-18(20-14)23-11-9-22(10-12-23)16-8-5-4-7-15(16)19/h4-5,7-8,13H,2-3,6,9-12H2,1H3,(H,20,21,24). The molecule has 0 amide bonds. The number of H-pyrrole nitrogens is 1. The SMILES string of the molecule is CCCCc1cc(=O)[nH]c(N2CCN(c3ccccc3F)CC2)n1. The lowest BCUT2D eigenvalue weighted by Gasteiger charge is -2.36. The molecule has 0 saturated carbocycles. The van der Waals surface area contributed by atoms with E-state index in [9.17, 15) is 9.18 Å². The number of halogens is 1. The smallest absolute Gasteiger partial charge is 0.252 e. The van der Waals surface area contributed by atoms with Gasteiger partial charge >= 0.3 is 0 Å². The van der Waals surface area contributed by atoms with E-state index in [1.165, 1.54) is 6.07 Å². The summed E-state index contributed by atoms with van der Waals surface area (Å²) < 4.78 is 13.9. The summed E-state index contributed by atoms with van der Waals surface area (Å²) in [6.45, 7) is 4.92. The van der Waals surface area contributed by atoms with Crippen LogP contribution in [0, 0.1) is 5.82 Å². The van der Waals surface area contributed by atoms with E-state index in [0.29, 0.717) is 37.8 Å². The number of benzene rings is 1. The van der Waals surface area contributed by atoms with Crippen molar-refractivity contribution >= 4 is 11.6 Å². The van der Waals surface area contributed by atoms with Gasteiger partial charge in [0.15, 0.2) is 0 Å². The average molecular weight is 330 g/mol. The Bertz CT molecular complexity index is 738. The number of hydrogen-bond acceptors (Lipinski definition) is 4. The first-order valence-electron chi connectivity index (χ1n) is 8.52. The highest BCUT2D eigenvalue weighted by Crippen LogP contribution is 2.21. The maximum atomic E-state index is 13.9. The van der Waals surface area contributed by atoms with Crippen LogP contribution in [0.4, 0.5) is 16.0 Å². The zero-order chi connectivity index (χ0) is 16.9. The summed E-state index contributed by atoms with van der Waals surface area (Å²) in [6.07, 6.45) is 2.92. The Hall–Kier alpha value is -2.37. The van der Waals surface area contributed by atoms with Crippen molar-refractivity contribution in [1.82, 2.24) is 9.97 Å². The second-order valence-corrected chi connectivity index (χ2v) is 6.09. The number of aromatic amines is 1. The number of piperazine rings is 1. The second kappa shape index (κ2) is 7.47. The van der Waals surface area contributed by atoms with Gasteiger partial charge < -0.3 is 9.80 Å². The molecule has 1 N–H and O–H groups in total. The van der Waals surface area contributed by atoms with E-state index >= 15 is 0 Å². The van der Waals surface area contributed by atoms with Gasteiger partial charge in [0.25, 0.3) is 5.56 Å². The Morgan fingerprint density at radius 2 is 1.88 bits per heavy atom. The van der Waals surface area contributed by atoms with Gasteiger partial charge in [0, 0.05) is 37.9 Å². The van der Waals surface area contributed by atoms with Crippen molar-refractivity contribution in [3.8, 4) is 0 Å². The van der Waals surface area contributed by atoms with Crippen LogP contribution in [0.3, 0.4) is 0 Å². The van der Waals surface area contributed by atoms with Crippen molar-refractivity contribution in [3.63, 3.8) is 0 Å². The largest absolute Gasteiger partial charge is 0.366 e. The van der Waals surface area contributed by atoms with Crippen LogP contribution in [0.25, 0.3) is 0 Å². The monoisotopic (exact) mass is 330 g/mol. The normalized spacial score (nSPS) is 14.9. The molecule has 6 heteroatoms. The maximum Gasteiger partial charge on any atom is 0.252 e. The highest BCUT2D eigenvalue weighted by Gasteiger charge is 2.21. The van der Waals surface area contributed by atoms with Gasteiger partial charge in [-0.25, -0.2) is 9.37 Å². The minimum absolute atomic E-state index is 0.109. The second-order valence-electron chi connectivity index (χ2n) is 6.09. The fraction of sp³-hybridized carbons (Fsp3) is 0.444. The summed E-state index contributed by atoms with van der Waals surface area (Å²) in [5.41, 5.74) is 1.37. The van der Waals surface area contributed by atoms with E-state index < -0.39 is 0 Å². The quantitative estimate of drug-likeness (QED) is 0.915. The minimum Gasteiger partial charge on any atom is -0.366 e. The zero-order valence-electron chi connectivity index (χ0n) is 14.0. The number of hydrogen-bond donors (Lipinski definition) is 1. The zero-order valence-corrected chi connectivity index (χ0v) is 14.0. The number of aromatic nitrogens is 2. The molecule has 1 aromatic heterocycles. The summed E-state index contributed by atoms with van der Waals surface area (Å²) >= 11 is 0. The van der Waals surface area contributed by atoms with Crippen LogP contribution in [0.15, 0.2) is 35.1 Å². The van der Waals surface area contributed by atoms with Gasteiger partial charge in [0.05, 0.1) is 5.69 Å². The Labute approximate surface area is 141 Å². The molecule has 0 unspecified atom stereocenters. The van der Waals surface area contributed by atoms with E-state index in [4.69, 9.17) is 0 Å². The number of aryl methyl sites for hydroxylation is 1. The minimum atomic E-state index is -0.195. The number of para-hydroxylation sites is 1. The van der Waals surface area contributed by atoms with Crippen molar-refractivity contribution in [2.24, 2.45) is 0 Å². The number of unbranched alkanes of at least 4 members (excludes halogenated alkanes) is 1. The molecule has 1 aliphatic heterocycles. The van der Waals surface area contributed by atoms with Crippen LogP contribution in [0.2, 0.25) is 0 Å². The number of nitrogens with one attached hydrogen (secondary N) is 1. The lowest BCUT2D eigenvalue weighted by Crippen LogP contribution is -2.47. The van der Waals surface area contributed by atoms with Crippen molar-refractivity contribution in [1.29, 1.82) is 0 Å². The molecule has 2 heterocycles. The van der Waals surface area contributed by atoms with Crippen molar-refractivity contribution < 1.29 is 4.39 Å². The summed E-state index contributed by atoms with van der Waals surface area (Å²) in [7, 11) is 0. The van der Waals surface area contributed by atoms with E-state index in [2.05, 4.69) is 21.8 Å². The molecule has 2 aromatic rings. The fourth-order valence-corrected chi connectivity index (χ4v) is 3.00. The van der Waals surface area contributed by atoms with Crippen molar-refractivity contribution in [2.75, 3.05) is 36.0 Å². The average Bonchev–Trinajstić information content (AvgIpc) is 2.60. The number of rotatable bonds is 5. The Balaban J connectivity index is 1.69. The van der Waals surface area contributed by atoms with Crippen molar-refractivity contribution in [3.05, 3.63) is 52.2 Å². The molecule has 128 valence electrons. The molecule has 0 aliphatic carbocycles. The van der Waals surface area contributed by atoms with E-state index in [-0.39, 0.29) is 11.4 Å². The van der Waals surface area contributed by atoms with Gasteiger partial charge in [-0.2, -0.15) is 0 Å². The molecule has 5 nitrogen and oxygen atoms in total. The van der Waals surface area contributed by atoms with Crippen LogP contribution in [0.1, 0.15) is 25.5 Å². The highest BCUT2D eigenvalue weighted by molar-refractivity contribution is 5.49. The third kappa shape index (κ3) is 3.75. The first-order chi connectivity index (χ1) is 11.7. The summed E-state index contributed by atoms with van der Waals surface area (Å²) in [4.78, 5) is 23.4. The highest BCUT2D eigenvalue weighted by atomic mass is 19.1. The third-order valence-electron chi connectivity index (χ3n) is 4.34. The Kier molecular flexibility index (Phi) is 5.13. The van der Waals surface area contributed by atoms with Crippen LogP contribution in [0.5, 0.6) is 0 Å². The van der Waals surface area contributed by atoms with E-state index in [1.54, 1.807) is 18.2 Å². The Morgan fingerprint density at radius 1 is 1.17 bits per heavy atom. The molecule has 0 spiro atoms. The number of anilines is 2. The summed E-state index contributed by atoms with van der Waals surface area (Å²) in [5.74, 6) is 0.431. The van der Waals surface area contributed by atoms with Gasteiger partial charge in [-0.05, 0) is 25.0 Å². The van der Waals surface area contributed by atoms with Crippen LogP contribution in [-0.2, 0) is 6.42 Å². The fourth-order valence-electron chi connectivity index (χ4n) is 3.00. The predicted molar refractivity (Wildman–Crippen MR) is 94.3 cm³/mol. The van der Waals surface area contributed by atoms with Crippen LogP contribution in [-0.4, -0.2) is 36.1 Å². The van der Waals surface area contributed by atoms with Crippen LogP contribution < -0.4 is 15.4 Å². The predicted octanol–water partition coefficient (Wildman–Crippen LogP) is 2.58. The molecule has 1 aromatic carbocycles. The molecule has 1 aliphatic rings. The van der Waals surface area contributed by atoms with Gasteiger partial charge in [-0.1, -0.05) is 25.5 Å². The van der Waals surface area contributed by atoms with E-state index in [0.717, 1.165) is 25.0 Å². The molecule has 24 heavy (non-hydrogen) atoms. The lowest BCUT2D eigenvalue weighted by atomic mass is 10.2. The van der Waals surface area contributed by atoms with Crippen molar-refractivity contribution in [2.45, 2.75) is 26.2 Å². The third-order valence-corrected chi connectivity index (χ3v) is 4.34. The van der Waals surface area contributed by atoms with Gasteiger partial charge in [-0.15, -0.1) is 0 Å². The molecular formula is C18H23FN4O. The first kappa shape index (κ1) is 16.5. The maximum absolute atomic E-state index is 13.9. The summed E-state index contributed by atoms with van der Waals surface area (Å²) in [5, 5.41) is 0. The number of nitrogens with zero attached hydrogens (tertiary/aromatic N) is 3. The first-order valence-corrected chi connectivity index (χ1v) is 8.52. The molecule has 3 rings (SSSR count). The summed E-state index contributed by atoms with van der Waals surface area (Å²) in [6, 6.07) is 8.41. The molecule has 0 radical (unpaired) electrons. The topological polar surface area (TPSA) is 52.2 Å². The molecule has 1 fully saturated rings. The van der Waals surface area contributed by atoms with Gasteiger partial charge in [0.2, 0.25) is 5.95 Å². The molecular weight excluding hydrogens is 307 g/mol. The van der Waals surface area contributed by atoms with E-state index in [1.807, 2.05) is 11.0 Å². The molecule has 1 saturated heterocycles. The molecule has 0 bridgehead atoms. The molecule has 0 atom stereocenters. The Morgan fingerprint density at radius 3 is 2.58 bits per heavy atom. The lowest BCUT2D eigenvalue weighted by molar-refractivity contribution is 0.593.